The van der Waals surface area contributed by atoms with Crippen molar-refractivity contribution in [3.05, 3.63) is 71.8 Å². The average molecular weight is 415 g/mol. The first-order valence-electron chi connectivity index (χ1n) is 10.8. The Balaban J connectivity index is 2.21. The van der Waals surface area contributed by atoms with Crippen molar-refractivity contribution in [1.82, 2.24) is 0 Å². The van der Waals surface area contributed by atoms with Gasteiger partial charge in [0, 0.05) is 5.92 Å². The van der Waals surface area contributed by atoms with Gasteiger partial charge in [-0.3, -0.25) is 0 Å². The minimum absolute atomic E-state index is 0.0398. The molecule has 0 aliphatic rings. The Labute approximate surface area is 182 Å². The van der Waals surface area contributed by atoms with Crippen LogP contribution in [0.4, 0.5) is 0 Å². The van der Waals surface area contributed by atoms with Crippen molar-refractivity contribution in [1.29, 1.82) is 0 Å². The van der Waals surface area contributed by atoms with Gasteiger partial charge in [0.2, 0.25) is 6.29 Å². The molecule has 0 N–H and O–H groups in total. The summed E-state index contributed by atoms with van der Waals surface area (Å²) >= 11 is 0. The van der Waals surface area contributed by atoms with E-state index < -0.39 is 17.5 Å². The van der Waals surface area contributed by atoms with Gasteiger partial charge >= 0.3 is 0 Å². The third-order valence-corrected chi connectivity index (χ3v) is 4.62. The maximum Gasteiger partial charge on any atom is 0.231 e. The minimum Gasteiger partial charge on any atom is -0.228 e. The molecule has 2 aromatic carbocycles. The highest BCUT2D eigenvalue weighted by Gasteiger charge is 2.31. The molecule has 166 valence electrons. The van der Waals surface area contributed by atoms with Gasteiger partial charge in [-0.05, 0) is 71.4 Å². The quantitative estimate of drug-likeness (QED) is 0.234. The molecule has 0 saturated carbocycles. The Bertz CT molecular complexity index is 698. The smallest absolute Gasteiger partial charge is 0.228 e. The lowest BCUT2D eigenvalue weighted by Crippen LogP contribution is -2.33. The fourth-order valence-corrected chi connectivity index (χ4v) is 3.07. The second kappa shape index (κ2) is 11.1. The maximum absolute atomic E-state index is 5.81. The van der Waals surface area contributed by atoms with E-state index in [9.17, 15) is 0 Å². The molecule has 2 aromatic rings. The normalized spacial score (nSPS) is 14.7. The van der Waals surface area contributed by atoms with Gasteiger partial charge < -0.3 is 0 Å². The molecule has 0 amide bonds. The van der Waals surface area contributed by atoms with E-state index in [1.54, 1.807) is 0 Å². The Morgan fingerprint density at radius 2 is 1.07 bits per heavy atom. The van der Waals surface area contributed by atoms with Crippen LogP contribution in [-0.4, -0.2) is 17.5 Å². The first-order chi connectivity index (χ1) is 14.1. The lowest BCUT2D eigenvalue weighted by molar-refractivity contribution is -0.501. The molecule has 2 atom stereocenters. The van der Waals surface area contributed by atoms with E-state index in [0.29, 0.717) is 5.92 Å². The van der Waals surface area contributed by atoms with Crippen LogP contribution in [0, 0.1) is 0 Å². The second-order valence-electron chi connectivity index (χ2n) is 9.86. The van der Waals surface area contributed by atoms with Crippen molar-refractivity contribution >= 4 is 0 Å². The molecule has 0 aliphatic heterocycles. The van der Waals surface area contributed by atoms with Crippen molar-refractivity contribution in [3.8, 4) is 0 Å². The Hall–Kier alpha value is -1.72. The van der Waals surface area contributed by atoms with Crippen LogP contribution in [-0.2, 0) is 19.6 Å². The fraction of sp³-hybridized carbons (Fsp3) is 0.538. The van der Waals surface area contributed by atoms with Crippen LogP contribution in [0.5, 0.6) is 0 Å². The third-order valence-electron chi connectivity index (χ3n) is 4.62. The summed E-state index contributed by atoms with van der Waals surface area (Å²) in [4.78, 5) is 22.9. The summed E-state index contributed by atoms with van der Waals surface area (Å²) < 4.78 is 0. The summed E-state index contributed by atoms with van der Waals surface area (Å²) in [6.45, 7) is 13.9. The maximum atomic E-state index is 5.81. The van der Waals surface area contributed by atoms with Crippen LogP contribution < -0.4 is 0 Å². The van der Waals surface area contributed by atoms with Gasteiger partial charge in [0.05, 0.1) is 11.2 Å². The van der Waals surface area contributed by atoms with Crippen molar-refractivity contribution < 1.29 is 19.6 Å². The van der Waals surface area contributed by atoms with Crippen molar-refractivity contribution in [2.24, 2.45) is 0 Å². The monoisotopic (exact) mass is 414 g/mol. The second-order valence-corrected chi connectivity index (χ2v) is 9.86. The summed E-state index contributed by atoms with van der Waals surface area (Å²) in [5.74, 6) is 0.382. The van der Waals surface area contributed by atoms with Crippen molar-refractivity contribution in [2.75, 3.05) is 0 Å². The summed E-state index contributed by atoms with van der Waals surface area (Å²) in [5.41, 5.74) is 1.56. The molecule has 0 saturated heterocycles. The SMILES string of the molecule is CC(CCC(c1ccccc1)C(OOC(C)(C)C)OOC(C)(C)C)c1ccccc1. The molecule has 0 heterocycles. The zero-order chi connectivity index (χ0) is 22.2. The lowest BCUT2D eigenvalue weighted by Gasteiger charge is -2.31. The van der Waals surface area contributed by atoms with E-state index >= 15 is 0 Å². The van der Waals surface area contributed by atoms with Crippen LogP contribution in [0.3, 0.4) is 0 Å². The molecule has 30 heavy (non-hydrogen) atoms. The zero-order valence-electron chi connectivity index (χ0n) is 19.6. The van der Waals surface area contributed by atoms with E-state index in [4.69, 9.17) is 19.6 Å². The summed E-state index contributed by atoms with van der Waals surface area (Å²) in [5, 5.41) is 0. The van der Waals surface area contributed by atoms with Gasteiger partial charge in [-0.1, -0.05) is 67.6 Å². The summed E-state index contributed by atoms with van der Waals surface area (Å²) in [6, 6.07) is 20.9. The zero-order valence-corrected chi connectivity index (χ0v) is 19.6. The molecule has 0 aromatic heterocycles. The van der Waals surface area contributed by atoms with E-state index in [1.807, 2.05) is 65.8 Å². The number of rotatable bonds is 10. The average Bonchev–Trinajstić information content (AvgIpc) is 2.69. The highest BCUT2D eigenvalue weighted by molar-refractivity contribution is 5.21. The predicted molar refractivity (Wildman–Crippen MR) is 121 cm³/mol. The van der Waals surface area contributed by atoms with E-state index in [1.165, 1.54) is 5.56 Å². The highest BCUT2D eigenvalue weighted by Crippen LogP contribution is 2.33. The van der Waals surface area contributed by atoms with Crippen LogP contribution in [0.25, 0.3) is 0 Å². The lowest BCUT2D eigenvalue weighted by atomic mass is 9.88. The largest absolute Gasteiger partial charge is 0.231 e. The van der Waals surface area contributed by atoms with E-state index in [2.05, 4.69) is 43.3 Å². The minimum atomic E-state index is -0.686. The van der Waals surface area contributed by atoms with Gasteiger partial charge in [-0.2, -0.15) is 0 Å². The molecular formula is C26H38O4. The number of benzene rings is 2. The van der Waals surface area contributed by atoms with Crippen LogP contribution in [0.15, 0.2) is 60.7 Å². The topological polar surface area (TPSA) is 36.9 Å². The van der Waals surface area contributed by atoms with Crippen molar-refractivity contribution in [3.63, 3.8) is 0 Å². The predicted octanol–water partition coefficient (Wildman–Crippen LogP) is 7.17. The van der Waals surface area contributed by atoms with E-state index in [-0.39, 0.29) is 5.92 Å². The molecular weight excluding hydrogens is 376 g/mol. The summed E-state index contributed by atoms with van der Waals surface area (Å²) in [6.07, 6.45) is 1.16. The number of hydrogen-bond acceptors (Lipinski definition) is 4. The molecule has 2 unspecified atom stereocenters. The standard InChI is InChI=1S/C26H38O4/c1-20(21-14-10-8-11-15-21)18-19-23(22-16-12-9-13-17-22)24(27-29-25(2,3)4)28-30-26(5,6)7/h8-17,20,23-24H,18-19H2,1-7H3. The van der Waals surface area contributed by atoms with Crippen LogP contribution >= 0.6 is 0 Å². The van der Waals surface area contributed by atoms with Gasteiger partial charge in [0.25, 0.3) is 0 Å². The molecule has 4 heteroatoms. The van der Waals surface area contributed by atoms with Crippen molar-refractivity contribution in [2.45, 2.75) is 90.6 Å². The Morgan fingerprint density at radius 1 is 0.633 bits per heavy atom. The Kier molecular flexibility index (Phi) is 9.05. The first-order valence-corrected chi connectivity index (χ1v) is 10.8. The first kappa shape index (κ1) is 24.5. The van der Waals surface area contributed by atoms with Gasteiger partial charge in [0.15, 0.2) is 0 Å². The molecule has 0 bridgehead atoms. The molecule has 0 spiro atoms. The molecule has 4 nitrogen and oxygen atoms in total. The Morgan fingerprint density at radius 3 is 1.50 bits per heavy atom. The highest BCUT2D eigenvalue weighted by atomic mass is 17.3. The summed E-state index contributed by atoms with van der Waals surface area (Å²) in [7, 11) is 0. The third kappa shape index (κ3) is 8.97. The number of hydrogen-bond donors (Lipinski definition) is 0. The molecule has 2 rings (SSSR count). The van der Waals surface area contributed by atoms with Gasteiger partial charge in [0.1, 0.15) is 0 Å². The molecule has 0 fully saturated rings. The van der Waals surface area contributed by atoms with Gasteiger partial charge in [-0.15, -0.1) is 0 Å². The molecule has 0 aliphatic carbocycles. The van der Waals surface area contributed by atoms with Crippen LogP contribution in [0.2, 0.25) is 0 Å². The van der Waals surface area contributed by atoms with Crippen LogP contribution in [0.1, 0.15) is 84.3 Å². The van der Waals surface area contributed by atoms with E-state index in [0.717, 1.165) is 18.4 Å². The fourth-order valence-electron chi connectivity index (χ4n) is 3.07. The van der Waals surface area contributed by atoms with Gasteiger partial charge in [-0.25, -0.2) is 19.6 Å². The molecule has 0 radical (unpaired) electrons.